The van der Waals surface area contributed by atoms with E-state index >= 15 is 0 Å². The Bertz CT molecular complexity index is 1200. The van der Waals surface area contributed by atoms with E-state index in [0.717, 1.165) is 16.7 Å². The Morgan fingerprint density at radius 3 is 1.89 bits per heavy atom. The number of hydroxylamine groups is 1. The number of aliphatic carboxylic acids is 1. The van der Waals surface area contributed by atoms with Crippen LogP contribution in [-0.4, -0.2) is 35.2 Å². The number of carbonyl (C=O) groups excluding carboxylic acids is 1. The number of esters is 1. The molecule has 0 fully saturated rings. The van der Waals surface area contributed by atoms with Gasteiger partial charge in [-0.05, 0) is 23.6 Å². The number of aromatic nitrogens is 1. The third kappa shape index (κ3) is 6.03. The van der Waals surface area contributed by atoms with Crippen molar-refractivity contribution >= 4 is 28.4 Å². The summed E-state index contributed by atoms with van der Waals surface area (Å²) in [6, 6.07) is 29.1. The lowest BCUT2D eigenvalue weighted by atomic mass is 9.77. The van der Waals surface area contributed by atoms with Gasteiger partial charge in [0.15, 0.2) is 17.8 Å². The van der Waals surface area contributed by atoms with Gasteiger partial charge >= 0.3 is 11.9 Å². The van der Waals surface area contributed by atoms with Gasteiger partial charge in [-0.2, -0.15) is 5.48 Å². The van der Waals surface area contributed by atoms with E-state index < -0.39 is 30.1 Å². The largest absolute Gasteiger partial charge is 0.479 e. The zero-order chi connectivity index (χ0) is 26.1. The number of benzene rings is 3. The summed E-state index contributed by atoms with van der Waals surface area (Å²) in [7, 11) is 0. The predicted molar refractivity (Wildman–Crippen MR) is 141 cm³/mol. The van der Waals surface area contributed by atoms with Crippen molar-refractivity contribution in [1.82, 2.24) is 10.5 Å². The number of nitrogens with zero attached hydrogens (tertiary/aromatic N) is 1. The minimum Gasteiger partial charge on any atom is -0.479 e. The molecule has 4 rings (SSSR count). The molecule has 0 bridgehead atoms. The molecule has 0 radical (unpaired) electrons. The number of rotatable bonds is 12. The summed E-state index contributed by atoms with van der Waals surface area (Å²) in [5.74, 6) is -1.79. The topological polar surface area (TPSA) is 110 Å². The molecule has 0 spiro atoms. The molecule has 1 unspecified atom stereocenters. The highest BCUT2D eigenvalue weighted by molar-refractivity contribution is 7.13. The van der Waals surface area contributed by atoms with Gasteiger partial charge in [0.1, 0.15) is 5.54 Å². The van der Waals surface area contributed by atoms with Gasteiger partial charge in [0.25, 0.3) is 0 Å². The fourth-order valence-electron chi connectivity index (χ4n) is 4.06. The van der Waals surface area contributed by atoms with Crippen LogP contribution in [0, 0.1) is 0 Å². The number of ether oxygens (including phenoxy) is 1. The van der Waals surface area contributed by atoms with Crippen molar-refractivity contribution in [1.29, 1.82) is 0 Å². The molecule has 3 aromatic carbocycles. The first-order valence-electron chi connectivity index (χ1n) is 11.7. The molecular weight excluding hydrogens is 490 g/mol. The number of hydrogen-bond acceptors (Lipinski definition) is 8. The Hall–Kier alpha value is -4.05. The lowest BCUT2D eigenvalue weighted by Crippen LogP contribution is -2.38. The third-order valence-electron chi connectivity index (χ3n) is 5.65. The lowest BCUT2D eigenvalue weighted by Gasteiger charge is -2.36. The smallest absolute Gasteiger partial charge is 0.331 e. The van der Waals surface area contributed by atoms with Crippen molar-refractivity contribution in [2.75, 3.05) is 18.5 Å². The summed E-state index contributed by atoms with van der Waals surface area (Å²) in [6.45, 7) is 1.23. The molecule has 0 amide bonds. The van der Waals surface area contributed by atoms with E-state index in [4.69, 9.17) is 14.7 Å². The molecule has 1 atom stereocenters. The Labute approximate surface area is 218 Å². The predicted octanol–water partition coefficient (Wildman–Crippen LogP) is 4.76. The van der Waals surface area contributed by atoms with Gasteiger partial charge in [-0.15, -0.1) is 11.3 Å². The molecule has 0 aliphatic heterocycles. The summed E-state index contributed by atoms with van der Waals surface area (Å²) in [5.41, 5.74) is 5.07. The fraction of sp³-hybridized carbons (Fsp3) is 0.179. The summed E-state index contributed by atoms with van der Waals surface area (Å²) in [5, 5.41) is 14.8. The Kier molecular flexibility index (Phi) is 8.63. The van der Waals surface area contributed by atoms with Gasteiger partial charge in [-0.25, -0.2) is 14.6 Å². The van der Waals surface area contributed by atoms with Crippen molar-refractivity contribution < 1.29 is 24.3 Å². The number of carbonyl (C=O) groups is 2. The van der Waals surface area contributed by atoms with Crippen LogP contribution in [0.4, 0.5) is 5.13 Å². The van der Waals surface area contributed by atoms with Crippen molar-refractivity contribution in [3.8, 4) is 0 Å². The monoisotopic (exact) mass is 517 g/mol. The van der Waals surface area contributed by atoms with Crippen LogP contribution < -0.4 is 10.8 Å². The zero-order valence-corrected chi connectivity index (χ0v) is 21.0. The van der Waals surface area contributed by atoms with E-state index in [9.17, 15) is 9.59 Å². The number of carboxylic acids is 1. The molecule has 0 aliphatic rings. The maximum atomic E-state index is 12.6. The number of nitrogens with one attached hydrogen (secondary N) is 2. The highest BCUT2D eigenvalue weighted by Gasteiger charge is 2.37. The summed E-state index contributed by atoms with van der Waals surface area (Å²) in [6.07, 6.45) is 0. The van der Waals surface area contributed by atoms with Crippen molar-refractivity contribution in [2.24, 2.45) is 0 Å². The maximum Gasteiger partial charge on any atom is 0.331 e. The number of hydrogen-bond donors (Lipinski definition) is 3. The Morgan fingerprint density at radius 2 is 1.43 bits per heavy atom. The SMILES string of the molecule is CCOC(=O)C(NOCC(=O)O)c1csc(NC(c2ccccc2)(c2ccccc2)c2ccccc2)n1. The Morgan fingerprint density at radius 1 is 0.919 bits per heavy atom. The van der Waals surface area contributed by atoms with E-state index in [2.05, 4.69) is 52.2 Å². The highest BCUT2D eigenvalue weighted by atomic mass is 32.1. The number of carboxylic acid groups (broad SMARTS) is 1. The summed E-state index contributed by atoms with van der Waals surface area (Å²) >= 11 is 1.32. The molecule has 0 aliphatic carbocycles. The molecule has 8 nitrogen and oxygen atoms in total. The van der Waals surface area contributed by atoms with Gasteiger partial charge in [-0.3, -0.25) is 4.84 Å². The van der Waals surface area contributed by atoms with Gasteiger partial charge in [0, 0.05) is 5.38 Å². The van der Waals surface area contributed by atoms with Crippen molar-refractivity contribution in [2.45, 2.75) is 18.5 Å². The molecule has 3 N–H and O–H groups in total. The average Bonchev–Trinajstić information content (AvgIpc) is 3.39. The van der Waals surface area contributed by atoms with Crippen LogP contribution in [-0.2, 0) is 24.7 Å². The minimum absolute atomic E-state index is 0.157. The second-order valence-corrected chi connectivity index (χ2v) is 8.89. The van der Waals surface area contributed by atoms with Crippen LogP contribution in [0.15, 0.2) is 96.4 Å². The van der Waals surface area contributed by atoms with Gasteiger partial charge in [0.2, 0.25) is 0 Å². The normalized spacial score (nSPS) is 12.0. The van der Waals surface area contributed by atoms with Crippen molar-refractivity contribution in [3.63, 3.8) is 0 Å². The molecule has 9 heteroatoms. The lowest BCUT2D eigenvalue weighted by molar-refractivity contribution is -0.156. The standard InChI is InChI=1S/C28H27N3O5S/c1-2-35-26(34)25(31-36-18-24(32)33)23-19-37-27(29-23)30-28(20-12-6-3-7-13-20,21-14-8-4-9-15-21)22-16-10-5-11-17-22/h3-17,19,25,31H,2,18H2,1H3,(H,29,30)(H,32,33). The first kappa shape index (κ1) is 26.0. The van der Waals surface area contributed by atoms with Crippen LogP contribution in [0.5, 0.6) is 0 Å². The van der Waals surface area contributed by atoms with E-state index in [1.54, 1.807) is 12.3 Å². The van der Waals surface area contributed by atoms with Gasteiger partial charge < -0.3 is 15.2 Å². The first-order chi connectivity index (χ1) is 18.0. The van der Waals surface area contributed by atoms with E-state index in [1.165, 1.54) is 11.3 Å². The van der Waals surface area contributed by atoms with E-state index in [0.29, 0.717) is 10.8 Å². The third-order valence-corrected chi connectivity index (χ3v) is 6.43. The maximum absolute atomic E-state index is 12.6. The number of anilines is 1. The molecule has 1 heterocycles. The second-order valence-electron chi connectivity index (χ2n) is 8.04. The van der Waals surface area contributed by atoms with E-state index in [-0.39, 0.29) is 6.61 Å². The van der Waals surface area contributed by atoms with Crippen LogP contribution in [0.2, 0.25) is 0 Å². The highest BCUT2D eigenvalue weighted by Crippen LogP contribution is 2.40. The molecular formula is C28H27N3O5S. The van der Waals surface area contributed by atoms with Crippen LogP contribution in [0.3, 0.4) is 0 Å². The molecule has 0 saturated carbocycles. The summed E-state index contributed by atoms with van der Waals surface area (Å²) < 4.78 is 5.15. The van der Waals surface area contributed by atoms with Gasteiger partial charge in [0.05, 0.1) is 12.3 Å². The van der Waals surface area contributed by atoms with Gasteiger partial charge in [-0.1, -0.05) is 91.0 Å². The molecule has 1 aromatic heterocycles. The summed E-state index contributed by atoms with van der Waals surface area (Å²) in [4.78, 5) is 33.2. The quantitative estimate of drug-likeness (QED) is 0.140. The van der Waals surface area contributed by atoms with Crippen LogP contribution in [0.1, 0.15) is 35.3 Å². The van der Waals surface area contributed by atoms with Crippen LogP contribution >= 0.6 is 11.3 Å². The first-order valence-corrected chi connectivity index (χ1v) is 12.6. The number of thiazole rings is 1. The second kappa shape index (κ2) is 12.3. The average molecular weight is 518 g/mol. The Balaban J connectivity index is 1.77. The van der Waals surface area contributed by atoms with E-state index in [1.807, 2.05) is 54.6 Å². The minimum atomic E-state index is -1.17. The van der Waals surface area contributed by atoms with Crippen molar-refractivity contribution in [3.05, 3.63) is 119 Å². The zero-order valence-electron chi connectivity index (χ0n) is 20.2. The van der Waals surface area contributed by atoms with Crippen LogP contribution in [0.25, 0.3) is 0 Å². The fourth-order valence-corrected chi connectivity index (χ4v) is 4.85. The molecule has 4 aromatic rings. The molecule has 190 valence electrons. The molecule has 37 heavy (non-hydrogen) atoms. The molecule has 0 saturated heterocycles.